The van der Waals surface area contributed by atoms with Crippen molar-refractivity contribution in [1.29, 1.82) is 0 Å². The Kier molecular flexibility index (Phi) is 11.1. The standard InChI is InChI=1S/C28H42O/c1-4-7-9-26(10-8-5-2)28-19-15-24(16-20-28)12-11-23-13-17-27(18-14-23)25(6-3)21-22-29/h13-20,25-26,29H,4-12,21-22H2,1-3H3. The molecule has 160 valence electrons. The van der Waals surface area contributed by atoms with Crippen LogP contribution in [0.2, 0.25) is 0 Å². The monoisotopic (exact) mass is 394 g/mol. The van der Waals surface area contributed by atoms with Crippen LogP contribution in [0.25, 0.3) is 0 Å². The summed E-state index contributed by atoms with van der Waals surface area (Å²) in [7, 11) is 0. The molecule has 0 aliphatic heterocycles. The second-order valence-corrected chi connectivity index (χ2v) is 8.58. The van der Waals surface area contributed by atoms with E-state index < -0.39 is 0 Å². The maximum Gasteiger partial charge on any atom is 0.0436 e. The summed E-state index contributed by atoms with van der Waals surface area (Å²) in [5.41, 5.74) is 5.74. The highest BCUT2D eigenvalue weighted by atomic mass is 16.3. The highest BCUT2D eigenvalue weighted by Crippen LogP contribution is 2.28. The second-order valence-electron chi connectivity index (χ2n) is 8.58. The number of benzene rings is 2. The smallest absolute Gasteiger partial charge is 0.0436 e. The molecule has 2 aromatic carbocycles. The average Bonchev–Trinajstić information content (AvgIpc) is 2.77. The van der Waals surface area contributed by atoms with Crippen LogP contribution in [0.5, 0.6) is 0 Å². The zero-order valence-corrected chi connectivity index (χ0v) is 19.0. The van der Waals surface area contributed by atoms with Gasteiger partial charge in [-0.25, -0.2) is 0 Å². The fourth-order valence-electron chi connectivity index (χ4n) is 4.34. The molecule has 0 aliphatic rings. The Hall–Kier alpha value is -1.60. The second kappa shape index (κ2) is 13.6. The fourth-order valence-corrected chi connectivity index (χ4v) is 4.34. The lowest BCUT2D eigenvalue weighted by molar-refractivity contribution is 0.274. The highest BCUT2D eigenvalue weighted by molar-refractivity contribution is 5.29. The molecule has 2 rings (SSSR count). The quantitative estimate of drug-likeness (QED) is 0.346. The Morgan fingerprint density at radius 3 is 1.45 bits per heavy atom. The third-order valence-corrected chi connectivity index (χ3v) is 6.39. The highest BCUT2D eigenvalue weighted by Gasteiger charge is 2.11. The molecule has 0 radical (unpaired) electrons. The van der Waals surface area contributed by atoms with E-state index in [9.17, 15) is 5.11 Å². The van der Waals surface area contributed by atoms with Crippen LogP contribution < -0.4 is 0 Å². The Morgan fingerprint density at radius 1 is 0.621 bits per heavy atom. The largest absolute Gasteiger partial charge is 0.396 e. The van der Waals surface area contributed by atoms with E-state index in [1.807, 2.05) is 0 Å². The van der Waals surface area contributed by atoms with Crippen LogP contribution >= 0.6 is 0 Å². The zero-order chi connectivity index (χ0) is 20.9. The van der Waals surface area contributed by atoms with E-state index in [-0.39, 0.29) is 6.61 Å². The predicted octanol–water partition coefficient (Wildman–Crippen LogP) is 7.81. The summed E-state index contributed by atoms with van der Waals surface area (Å²) in [4.78, 5) is 0. The molecule has 0 saturated heterocycles. The number of hydrogen-bond donors (Lipinski definition) is 1. The minimum atomic E-state index is 0.272. The van der Waals surface area contributed by atoms with Crippen molar-refractivity contribution in [3.63, 3.8) is 0 Å². The SMILES string of the molecule is CCCCC(CCCC)c1ccc(CCc2ccc(C(CC)CCO)cc2)cc1. The van der Waals surface area contributed by atoms with E-state index in [1.165, 1.54) is 60.8 Å². The van der Waals surface area contributed by atoms with Gasteiger partial charge in [0.2, 0.25) is 0 Å². The number of aliphatic hydroxyl groups excluding tert-OH is 1. The van der Waals surface area contributed by atoms with Gasteiger partial charge in [-0.15, -0.1) is 0 Å². The van der Waals surface area contributed by atoms with Crippen molar-refractivity contribution in [2.24, 2.45) is 0 Å². The number of hydrogen-bond acceptors (Lipinski definition) is 1. The Bertz CT molecular complexity index is 648. The molecule has 0 heterocycles. The van der Waals surface area contributed by atoms with Crippen LogP contribution in [0.4, 0.5) is 0 Å². The van der Waals surface area contributed by atoms with Crippen LogP contribution in [0.1, 0.15) is 106 Å². The topological polar surface area (TPSA) is 20.2 Å². The Morgan fingerprint density at radius 2 is 1.07 bits per heavy atom. The Labute approximate surface area is 179 Å². The lowest BCUT2D eigenvalue weighted by Crippen LogP contribution is -2.01. The molecule has 0 fully saturated rings. The maximum atomic E-state index is 9.23. The van der Waals surface area contributed by atoms with Crippen molar-refractivity contribution in [3.8, 4) is 0 Å². The number of unbranched alkanes of at least 4 members (excludes halogenated alkanes) is 2. The first-order chi connectivity index (χ1) is 14.2. The average molecular weight is 395 g/mol. The molecule has 1 N–H and O–H groups in total. The lowest BCUT2D eigenvalue weighted by atomic mass is 9.88. The summed E-state index contributed by atoms with van der Waals surface area (Å²) in [5.74, 6) is 1.22. The van der Waals surface area contributed by atoms with Crippen molar-refractivity contribution in [2.75, 3.05) is 6.61 Å². The van der Waals surface area contributed by atoms with Gasteiger partial charge in [0.25, 0.3) is 0 Å². The molecule has 1 heteroatoms. The van der Waals surface area contributed by atoms with Crippen molar-refractivity contribution in [2.45, 2.75) is 96.8 Å². The van der Waals surface area contributed by atoms with E-state index in [4.69, 9.17) is 0 Å². The third-order valence-electron chi connectivity index (χ3n) is 6.39. The summed E-state index contributed by atoms with van der Waals surface area (Å²) in [5, 5.41) is 9.23. The first-order valence-corrected chi connectivity index (χ1v) is 12.0. The molecule has 1 unspecified atom stereocenters. The van der Waals surface area contributed by atoms with Gasteiger partial charge in [0, 0.05) is 6.61 Å². The van der Waals surface area contributed by atoms with Crippen LogP contribution in [-0.4, -0.2) is 11.7 Å². The van der Waals surface area contributed by atoms with Crippen molar-refractivity contribution in [1.82, 2.24) is 0 Å². The van der Waals surface area contributed by atoms with Gasteiger partial charge in [-0.1, -0.05) is 95.0 Å². The van der Waals surface area contributed by atoms with E-state index >= 15 is 0 Å². The van der Waals surface area contributed by atoms with Gasteiger partial charge in [-0.2, -0.15) is 0 Å². The van der Waals surface area contributed by atoms with Crippen molar-refractivity contribution < 1.29 is 5.11 Å². The summed E-state index contributed by atoms with van der Waals surface area (Å²) in [6.07, 6.45) is 12.1. The molecule has 1 atom stereocenters. The van der Waals surface area contributed by atoms with Gasteiger partial charge in [-0.3, -0.25) is 0 Å². The third kappa shape index (κ3) is 7.97. The van der Waals surface area contributed by atoms with Gasteiger partial charge in [0.1, 0.15) is 0 Å². The summed E-state index contributed by atoms with van der Waals surface area (Å²) in [6, 6.07) is 18.5. The minimum absolute atomic E-state index is 0.272. The van der Waals surface area contributed by atoms with Gasteiger partial charge in [-0.05, 0) is 72.6 Å². The predicted molar refractivity (Wildman–Crippen MR) is 127 cm³/mol. The Balaban J connectivity index is 1.92. The normalized spacial score (nSPS) is 12.4. The maximum absolute atomic E-state index is 9.23. The van der Waals surface area contributed by atoms with Crippen LogP contribution in [-0.2, 0) is 12.8 Å². The van der Waals surface area contributed by atoms with Crippen molar-refractivity contribution in [3.05, 3.63) is 70.8 Å². The molecule has 1 nitrogen and oxygen atoms in total. The number of aliphatic hydroxyl groups is 1. The first kappa shape index (κ1) is 23.7. The molecule has 0 bridgehead atoms. The van der Waals surface area contributed by atoms with Gasteiger partial charge in [0.05, 0.1) is 0 Å². The van der Waals surface area contributed by atoms with Gasteiger partial charge in [0.15, 0.2) is 0 Å². The zero-order valence-electron chi connectivity index (χ0n) is 19.0. The molecule has 0 aromatic heterocycles. The van der Waals surface area contributed by atoms with E-state index in [1.54, 1.807) is 0 Å². The van der Waals surface area contributed by atoms with Gasteiger partial charge >= 0.3 is 0 Å². The molecule has 2 aromatic rings. The summed E-state index contributed by atoms with van der Waals surface area (Å²) < 4.78 is 0. The number of rotatable bonds is 14. The molecular formula is C28H42O. The van der Waals surface area contributed by atoms with E-state index in [2.05, 4.69) is 69.3 Å². The van der Waals surface area contributed by atoms with E-state index in [0.717, 1.165) is 31.6 Å². The molecule has 0 aliphatic carbocycles. The summed E-state index contributed by atoms with van der Waals surface area (Å²) >= 11 is 0. The van der Waals surface area contributed by atoms with Crippen LogP contribution in [0.3, 0.4) is 0 Å². The van der Waals surface area contributed by atoms with Gasteiger partial charge < -0.3 is 5.11 Å². The van der Waals surface area contributed by atoms with Crippen molar-refractivity contribution >= 4 is 0 Å². The number of aryl methyl sites for hydroxylation is 2. The minimum Gasteiger partial charge on any atom is -0.396 e. The molecule has 0 spiro atoms. The molecule has 0 saturated carbocycles. The molecular weight excluding hydrogens is 352 g/mol. The van der Waals surface area contributed by atoms with Crippen LogP contribution in [0.15, 0.2) is 48.5 Å². The summed E-state index contributed by atoms with van der Waals surface area (Å²) in [6.45, 7) is 7.06. The first-order valence-electron chi connectivity index (χ1n) is 12.0. The molecule has 0 amide bonds. The van der Waals surface area contributed by atoms with E-state index in [0.29, 0.717) is 5.92 Å². The van der Waals surface area contributed by atoms with Crippen LogP contribution in [0, 0.1) is 0 Å². The lowest BCUT2D eigenvalue weighted by Gasteiger charge is -2.17. The fraction of sp³-hybridized carbons (Fsp3) is 0.571. The molecule has 29 heavy (non-hydrogen) atoms.